The Morgan fingerprint density at radius 3 is 2.50 bits per heavy atom. The van der Waals surface area contributed by atoms with Crippen molar-refractivity contribution in [1.82, 2.24) is 4.57 Å². The summed E-state index contributed by atoms with van der Waals surface area (Å²) in [4.78, 5) is 11.3. The molecule has 1 aromatic heterocycles. The van der Waals surface area contributed by atoms with Gasteiger partial charge in [0.05, 0.1) is 0 Å². The summed E-state index contributed by atoms with van der Waals surface area (Å²) >= 11 is 0. The summed E-state index contributed by atoms with van der Waals surface area (Å²) in [5, 5.41) is 9.31. The van der Waals surface area contributed by atoms with Gasteiger partial charge in [0.2, 0.25) is 0 Å². The number of hydrogen-bond donors (Lipinski definition) is 1. The minimum absolute atomic E-state index is 0.361. The number of aromatic carboxylic acids is 1. The molecule has 0 bridgehead atoms. The van der Waals surface area contributed by atoms with Gasteiger partial charge in [0, 0.05) is 17.8 Å². The molecule has 20 heavy (non-hydrogen) atoms. The fourth-order valence-electron chi connectivity index (χ4n) is 2.59. The van der Waals surface area contributed by atoms with Gasteiger partial charge in [-0.1, -0.05) is 45.0 Å². The Morgan fingerprint density at radius 2 is 1.90 bits per heavy atom. The quantitative estimate of drug-likeness (QED) is 0.876. The van der Waals surface area contributed by atoms with Gasteiger partial charge in [0.1, 0.15) is 5.69 Å². The summed E-state index contributed by atoms with van der Waals surface area (Å²) in [7, 11) is 0. The van der Waals surface area contributed by atoms with E-state index in [0.717, 1.165) is 24.2 Å². The fourth-order valence-corrected chi connectivity index (χ4v) is 2.59. The fraction of sp³-hybridized carbons (Fsp3) is 0.353. The smallest absolute Gasteiger partial charge is 0.352 e. The molecule has 0 saturated carbocycles. The van der Waals surface area contributed by atoms with Gasteiger partial charge in [-0.25, -0.2) is 4.79 Å². The predicted octanol–water partition coefficient (Wildman–Crippen LogP) is 4.39. The van der Waals surface area contributed by atoms with Gasteiger partial charge in [-0.05, 0) is 30.0 Å². The third-order valence-electron chi connectivity index (χ3n) is 3.51. The Labute approximate surface area is 119 Å². The van der Waals surface area contributed by atoms with Crippen LogP contribution in [-0.4, -0.2) is 15.6 Å². The standard InChI is InChI=1S/C17H21NO2/c1-4-11-18-15(9-10-16(18)17(19)20)14-8-6-5-7-13(14)12(2)3/h5-10,12H,4,11H2,1-3H3,(H,19,20). The van der Waals surface area contributed by atoms with E-state index in [4.69, 9.17) is 0 Å². The highest BCUT2D eigenvalue weighted by atomic mass is 16.4. The normalized spacial score (nSPS) is 11.0. The van der Waals surface area contributed by atoms with Gasteiger partial charge in [-0.3, -0.25) is 0 Å². The van der Waals surface area contributed by atoms with Crippen LogP contribution in [0.5, 0.6) is 0 Å². The molecule has 0 aliphatic carbocycles. The molecule has 3 heteroatoms. The maximum atomic E-state index is 11.3. The van der Waals surface area contributed by atoms with E-state index in [0.29, 0.717) is 11.6 Å². The van der Waals surface area contributed by atoms with E-state index in [1.54, 1.807) is 6.07 Å². The first-order valence-electron chi connectivity index (χ1n) is 7.08. The second-order valence-electron chi connectivity index (χ2n) is 5.30. The second-order valence-corrected chi connectivity index (χ2v) is 5.30. The molecule has 106 valence electrons. The molecule has 2 aromatic rings. The Kier molecular flexibility index (Phi) is 4.28. The van der Waals surface area contributed by atoms with Gasteiger partial charge < -0.3 is 9.67 Å². The van der Waals surface area contributed by atoms with Crippen molar-refractivity contribution < 1.29 is 9.90 Å². The highest BCUT2D eigenvalue weighted by Crippen LogP contribution is 2.30. The average molecular weight is 271 g/mol. The molecule has 0 atom stereocenters. The zero-order valence-corrected chi connectivity index (χ0v) is 12.3. The average Bonchev–Trinajstić information content (AvgIpc) is 2.83. The highest BCUT2D eigenvalue weighted by Gasteiger charge is 2.17. The van der Waals surface area contributed by atoms with Crippen LogP contribution in [0.15, 0.2) is 36.4 Å². The van der Waals surface area contributed by atoms with Crippen LogP contribution in [0.3, 0.4) is 0 Å². The minimum Gasteiger partial charge on any atom is -0.477 e. The van der Waals surface area contributed by atoms with Gasteiger partial charge in [0.25, 0.3) is 0 Å². The first-order valence-corrected chi connectivity index (χ1v) is 7.08. The summed E-state index contributed by atoms with van der Waals surface area (Å²) in [5.41, 5.74) is 3.73. The lowest BCUT2D eigenvalue weighted by atomic mass is 9.95. The van der Waals surface area contributed by atoms with Crippen molar-refractivity contribution in [3.63, 3.8) is 0 Å². The molecular formula is C17H21NO2. The molecule has 2 rings (SSSR count). The van der Waals surface area contributed by atoms with Crippen LogP contribution in [0.1, 0.15) is 49.2 Å². The van der Waals surface area contributed by atoms with Crippen LogP contribution in [-0.2, 0) is 6.54 Å². The molecule has 1 aromatic carbocycles. The van der Waals surface area contributed by atoms with Crippen LogP contribution in [0.4, 0.5) is 0 Å². The number of nitrogens with zero attached hydrogens (tertiary/aromatic N) is 1. The zero-order valence-electron chi connectivity index (χ0n) is 12.3. The lowest BCUT2D eigenvalue weighted by Crippen LogP contribution is -2.10. The Bertz CT molecular complexity index is 611. The maximum Gasteiger partial charge on any atom is 0.352 e. The van der Waals surface area contributed by atoms with E-state index in [-0.39, 0.29) is 0 Å². The SMILES string of the molecule is CCCn1c(C(=O)O)ccc1-c1ccccc1C(C)C. The van der Waals surface area contributed by atoms with Crippen molar-refractivity contribution in [2.45, 2.75) is 39.7 Å². The monoisotopic (exact) mass is 271 g/mol. The maximum absolute atomic E-state index is 11.3. The highest BCUT2D eigenvalue weighted by molar-refractivity contribution is 5.87. The number of carboxylic acid groups (broad SMARTS) is 1. The summed E-state index contributed by atoms with van der Waals surface area (Å²) in [6.45, 7) is 7.09. The molecular weight excluding hydrogens is 250 g/mol. The van der Waals surface area contributed by atoms with Crippen LogP contribution in [0, 0.1) is 0 Å². The minimum atomic E-state index is -0.869. The molecule has 0 fully saturated rings. The van der Waals surface area contributed by atoms with Gasteiger partial charge in [-0.15, -0.1) is 0 Å². The Hall–Kier alpha value is -2.03. The van der Waals surface area contributed by atoms with Gasteiger partial charge in [-0.2, -0.15) is 0 Å². The van der Waals surface area contributed by atoms with E-state index in [1.165, 1.54) is 5.56 Å². The molecule has 0 aliphatic rings. The molecule has 0 aliphatic heterocycles. The van der Waals surface area contributed by atoms with Crippen molar-refractivity contribution in [2.24, 2.45) is 0 Å². The van der Waals surface area contributed by atoms with Crippen molar-refractivity contribution in [3.8, 4) is 11.3 Å². The number of hydrogen-bond acceptors (Lipinski definition) is 1. The first kappa shape index (κ1) is 14.4. The van der Waals surface area contributed by atoms with Crippen LogP contribution in [0.2, 0.25) is 0 Å². The molecule has 0 spiro atoms. The largest absolute Gasteiger partial charge is 0.477 e. The Morgan fingerprint density at radius 1 is 1.20 bits per heavy atom. The first-order chi connectivity index (χ1) is 9.56. The number of carboxylic acids is 1. The van der Waals surface area contributed by atoms with Crippen molar-refractivity contribution in [1.29, 1.82) is 0 Å². The predicted molar refractivity (Wildman–Crippen MR) is 81.2 cm³/mol. The molecule has 1 heterocycles. The number of rotatable bonds is 5. The molecule has 0 unspecified atom stereocenters. The van der Waals surface area contributed by atoms with E-state index in [9.17, 15) is 9.90 Å². The lowest BCUT2D eigenvalue weighted by molar-refractivity contribution is 0.0685. The summed E-state index contributed by atoms with van der Waals surface area (Å²) < 4.78 is 1.91. The Balaban J connectivity index is 2.61. The molecule has 1 N–H and O–H groups in total. The van der Waals surface area contributed by atoms with E-state index >= 15 is 0 Å². The van der Waals surface area contributed by atoms with Crippen molar-refractivity contribution in [2.75, 3.05) is 0 Å². The summed E-state index contributed by atoms with van der Waals surface area (Å²) in [6, 6.07) is 11.8. The van der Waals surface area contributed by atoms with Crippen LogP contribution < -0.4 is 0 Å². The van der Waals surface area contributed by atoms with Crippen molar-refractivity contribution in [3.05, 3.63) is 47.7 Å². The molecule has 0 amide bonds. The van der Waals surface area contributed by atoms with Crippen LogP contribution >= 0.6 is 0 Å². The van der Waals surface area contributed by atoms with Gasteiger partial charge >= 0.3 is 5.97 Å². The lowest BCUT2D eigenvalue weighted by Gasteiger charge is -2.16. The molecule has 0 radical (unpaired) electrons. The second kappa shape index (κ2) is 5.95. The molecule has 3 nitrogen and oxygen atoms in total. The topological polar surface area (TPSA) is 42.2 Å². The van der Waals surface area contributed by atoms with E-state index < -0.39 is 5.97 Å². The third-order valence-corrected chi connectivity index (χ3v) is 3.51. The van der Waals surface area contributed by atoms with E-state index in [2.05, 4.69) is 32.9 Å². The van der Waals surface area contributed by atoms with E-state index in [1.807, 2.05) is 22.8 Å². The van der Waals surface area contributed by atoms with Crippen molar-refractivity contribution >= 4 is 5.97 Å². The molecule has 0 saturated heterocycles. The number of aromatic nitrogens is 1. The third kappa shape index (κ3) is 2.62. The number of benzene rings is 1. The summed E-state index contributed by atoms with van der Waals surface area (Å²) in [6.07, 6.45) is 0.909. The van der Waals surface area contributed by atoms with Gasteiger partial charge in [0.15, 0.2) is 0 Å². The number of carbonyl (C=O) groups is 1. The van der Waals surface area contributed by atoms with Crippen LogP contribution in [0.25, 0.3) is 11.3 Å². The zero-order chi connectivity index (χ0) is 14.7. The summed E-state index contributed by atoms with van der Waals surface area (Å²) in [5.74, 6) is -0.462.